The second kappa shape index (κ2) is 5.56. The van der Waals surface area contributed by atoms with Gasteiger partial charge in [-0.1, -0.05) is 46.8 Å². The lowest BCUT2D eigenvalue weighted by Crippen LogP contribution is -2.28. The zero-order valence-electron chi connectivity index (χ0n) is 14.9. The second-order valence-electron chi connectivity index (χ2n) is 8.65. The summed E-state index contributed by atoms with van der Waals surface area (Å²) in [5.74, 6) is 0.570. The van der Waals surface area contributed by atoms with Gasteiger partial charge in [-0.3, -0.25) is 0 Å². The quantitative estimate of drug-likeness (QED) is 0.783. The molecule has 2 nitrogen and oxygen atoms in total. The number of ether oxygens (including phenoxy) is 1. The van der Waals surface area contributed by atoms with Crippen molar-refractivity contribution in [2.45, 2.75) is 58.8 Å². The van der Waals surface area contributed by atoms with Gasteiger partial charge < -0.3 is 9.64 Å². The maximum Gasteiger partial charge on any atom is 0.0540 e. The summed E-state index contributed by atoms with van der Waals surface area (Å²) in [6, 6.07) is 7.13. The Labute approximate surface area is 135 Å². The van der Waals surface area contributed by atoms with Crippen LogP contribution in [0.1, 0.15) is 64.5 Å². The van der Waals surface area contributed by atoms with Crippen molar-refractivity contribution in [1.29, 1.82) is 0 Å². The summed E-state index contributed by atoms with van der Waals surface area (Å²) in [4.78, 5) is 2.62. The summed E-state index contributed by atoms with van der Waals surface area (Å²) in [7, 11) is 0. The highest BCUT2D eigenvalue weighted by Crippen LogP contribution is 2.42. The zero-order valence-corrected chi connectivity index (χ0v) is 14.9. The van der Waals surface area contributed by atoms with Gasteiger partial charge in [-0.2, -0.15) is 0 Å². The van der Waals surface area contributed by atoms with Gasteiger partial charge in [0.2, 0.25) is 0 Å². The molecule has 122 valence electrons. The molecule has 1 spiro atoms. The van der Waals surface area contributed by atoms with E-state index in [-0.39, 0.29) is 5.41 Å². The van der Waals surface area contributed by atoms with Crippen LogP contribution in [0.3, 0.4) is 0 Å². The fraction of sp³-hybridized carbons (Fsp3) is 0.700. The first-order valence-electron chi connectivity index (χ1n) is 8.78. The van der Waals surface area contributed by atoms with Crippen LogP contribution in [0.4, 0.5) is 5.69 Å². The molecule has 0 amide bonds. The molecule has 0 aromatic heterocycles. The molecule has 0 radical (unpaired) electrons. The highest BCUT2D eigenvalue weighted by atomic mass is 16.5. The number of benzene rings is 1. The Hall–Kier alpha value is -1.02. The van der Waals surface area contributed by atoms with E-state index >= 15 is 0 Å². The molecule has 2 aliphatic heterocycles. The predicted octanol–water partition coefficient (Wildman–Crippen LogP) is 4.72. The third-order valence-corrected chi connectivity index (χ3v) is 5.48. The largest absolute Gasteiger partial charge is 0.381 e. The summed E-state index contributed by atoms with van der Waals surface area (Å²) in [6.45, 7) is 15.8. The summed E-state index contributed by atoms with van der Waals surface area (Å²) in [6.07, 6.45) is 2.52. The predicted molar refractivity (Wildman–Crippen MR) is 93.9 cm³/mol. The van der Waals surface area contributed by atoms with Crippen LogP contribution in [0.5, 0.6) is 0 Å². The summed E-state index contributed by atoms with van der Waals surface area (Å²) >= 11 is 0. The third-order valence-electron chi connectivity index (χ3n) is 5.48. The topological polar surface area (TPSA) is 12.5 Å². The van der Waals surface area contributed by atoms with Gasteiger partial charge in [0.1, 0.15) is 0 Å². The fourth-order valence-electron chi connectivity index (χ4n) is 3.88. The van der Waals surface area contributed by atoms with Gasteiger partial charge in [0.05, 0.1) is 6.61 Å². The van der Waals surface area contributed by atoms with Crippen molar-refractivity contribution in [2.24, 2.45) is 5.41 Å². The average molecular weight is 301 g/mol. The van der Waals surface area contributed by atoms with Crippen molar-refractivity contribution >= 4 is 5.69 Å². The van der Waals surface area contributed by atoms with Crippen LogP contribution >= 0.6 is 0 Å². The number of anilines is 1. The monoisotopic (exact) mass is 301 g/mol. The maximum atomic E-state index is 5.70. The van der Waals surface area contributed by atoms with E-state index in [1.807, 2.05) is 0 Å². The smallest absolute Gasteiger partial charge is 0.0540 e. The molecular weight excluding hydrogens is 270 g/mol. The molecule has 1 aromatic rings. The highest BCUT2D eigenvalue weighted by molar-refractivity contribution is 5.58. The van der Waals surface area contributed by atoms with Gasteiger partial charge in [0.25, 0.3) is 0 Å². The molecule has 2 heterocycles. The van der Waals surface area contributed by atoms with Crippen LogP contribution in [0.2, 0.25) is 0 Å². The van der Waals surface area contributed by atoms with Gasteiger partial charge in [-0.05, 0) is 41.4 Å². The lowest BCUT2D eigenvalue weighted by atomic mass is 9.84. The minimum Gasteiger partial charge on any atom is -0.381 e. The number of rotatable bonds is 2. The molecule has 2 heteroatoms. The van der Waals surface area contributed by atoms with Crippen molar-refractivity contribution in [2.75, 3.05) is 31.2 Å². The third kappa shape index (κ3) is 2.90. The Bertz CT molecular complexity index is 535. The molecule has 0 bridgehead atoms. The Morgan fingerprint density at radius 2 is 1.95 bits per heavy atom. The Morgan fingerprint density at radius 1 is 1.18 bits per heavy atom. The highest BCUT2D eigenvalue weighted by Gasteiger charge is 2.41. The van der Waals surface area contributed by atoms with Gasteiger partial charge >= 0.3 is 0 Å². The van der Waals surface area contributed by atoms with Crippen LogP contribution in [0, 0.1) is 5.41 Å². The number of nitrogens with zero attached hydrogens (tertiary/aromatic N) is 1. The van der Waals surface area contributed by atoms with E-state index in [2.05, 4.69) is 57.7 Å². The summed E-state index contributed by atoms with van der Waals surface area (Å²) < 4.78 is 5.70. The van der Waals surface area contributed by atoms with Gasteiger partial charge in [-0.15, -0.1) is 0 Å². The first kappa shape index (κ1) is 15.9. The molecule has 1 aromatic carbocycles. The maximum absolute atomic E-state index is 5.70. The first-order chi connectivity index (χ1) is 10.3. The van der Waals surface area contributed by atoms with Crippen molar-refractivity contribution < 1.29 is 4.74 Å². The standard InChI is InChI=1S/C20H31NO/c1-15(2)17-7-6-16(19(3,4)5)12-18(17)21-10-8-20(13-21)9-11-22-14-20/h6-7,12,15H,8-11,13-14H2,1-5H3. The molecule has 22 heavy (non-hydrogen) atoms. The molecule has 2 saturated heterocycles. The van der Waals surface area contributed by atoms with Gasteiger partial charge in [0, 0.05) is 30.8 Å². The summed E-state index contributed by atoms with van der Waals surface area (Å²) in [5.41, 5.74) is 5.02. The molecule has 2 aliphatic rings. The Kier molecular flexibility index (Phi) is 4.01. The van der Waals surface area contributed by atoms with Crippen LogP contribution in [0.25, 0.3) is 0 Å². The Balaban J connectivity index is 1.94. The SMILES string of the molecule is CC(C)c1ccc(C(C)(C)C)cc1N1CCC2(CCOC2)C1. The van der Waals surface area contributed by atoms with E-state index in [0.29, 0.717) is 11.3 Å². The van der Waals surface area contributed by atoms with E-state index in [4.69, 9.17) is 4.74 Å². The molecule has 2 fully saturated rings. The number of hydrogen-bond donors (Lipinski definition) is 0. The number of hydrogen-bond acceptors (Lipinski definition) is 2. The molecule has 1 atom stereocenters. The minimum atomic E-state index is 0.206. The van der Waals surface area contributed by atoms with Crippen molar-refractivity contribution in [3.05, 3.63) is 29.3 Å². The van der Waals surface area contributed by atoms with Gasteiger partial charge in [-0.25, -0.2) is 0 Å². The van der Waals surface area contributed by atoms with Crippen molar-refractivity contribution in [3.8, 4) is 0 Å². The van der Waals surface area contributed by atoms with Crippen LogP contribution in [-0.4, -0.2) is 26.3 Å². The molecule has 0 saturated carbocycles. The van der Waals surface area contributed by atoms with E-state index in [0.717, 1.165) is 13.2 Å². The van der Waals surface area contributed by atoms with E-state index < -0.39 is 0 Å². The normalized spacial score (nSPS) is 25.6. The zero-order chi connectivity index (χ0) is 16.0. The van der Waals surface area contributed by atoms with E-state index in [1.54, 1.807) is 0 Å². The molecule has 3 rings (SSSR count). The Morgan fingerprint density at radius 3 is 2.55 bits per heavy atom. The van der Waals surface area contributed by atoms with Crippen LogP contribution < -0.4 is 4.90 Å². The molecule has 0 N–H and O–H groups in total. The lowest BCUT2D eigenvalue weighted by molar-refractivity contribution is 0.160. The van der Waals surface area contributed by atoms with Gasteiger partial charge in [0.15, 0.2) is 0 Å². The van der Waals surface area contributed by atoms with E-state index in [9.17, 15) is 0 Å². The fourth-order valence-corrected chi connectivity index (χ4v) is 3.88. The van der Waals surface area contributed by atoms with Crippen LogP contribution in [-0.2, 0) is 10.2 Å². The van der Waals surface area contributed by atoms with E-state index in [1.165, 1.54) is 42.7 Å². The van der Waals surface area contributed by atoms with Crippen molar-refractivity contribution in [3.63, 3.8) is 0 Å². The minimum absolute atomic E-state index is 0.206. The first-order valence-corrected chi connectivity index (χ1v) is 8.78. The summed E-state index contributed by atoms with van der Waals surface area (Å²) in [5, 5.41) is 0. The second-order valence-corrected chi connectivity index (χ2v) is 8.65. The van der Waals surface area contributed by atoms with Crippen molar-refractivity contribution in [1.82, 2.24) is 0 Å². The molecule has 1 unspecified atom stereocenters. The molecule has 0 aliphatic carbocycles. The molecular formula is C20H31NO. The van der Waals surface area contributed by atoms with Crippen LogP contribution in [0.15, 0.2) is 18.2 Å². The average Bonchev–Trinajstić information content (AvgIpc) is 3.08. The lowest BCUT2D eigenvalue weighted by Gasteiger charge is -2.29.